The fraction of sp³-hybridized carbons (Fsp3) is 0.375. The summed E-state index contributed by atoms with van der Waals surface area (Å²) in [6, 6.07) is 8.09. The molecule has 0 spiro atoms. The summed E-state index contributed by atoms with van der Waals surface area (Å²) in [6.45, 7) is 1.77. The van der Waals surface area contributed by atoms with Crippen molar-refractivity contribution in [3.05, 3.63) is 47.6 Å². The Bertz CT molecular complexity index is 627. The Balaban J connectivity index is 0.00000121. The molecule has 3 nitrogen and oxygen atoms in total. The van der Waals surface area contributed by atoms with Crippen molar-refractivity contribution in [3.63, 3.8) is 0 Å². The third-order valence-electron chi connectivity index (χ3n) is 3.85. The highest BCUT2D eigenvalue weighted by atomic mass is 35.5. The van der Waals surface area contributed by atoms with Crippen molar-refractivity contribution in [3.8, 4) is 0 Å². The highest BCUT2D eigenvalue weighted by Gasteiger charge is 2.19. The summed E-state index contributed by atoms with van der Waals surface area (Å²) in [5, 5.41) is 15.2. The van der Waals surface area contributed by atoms with E-state index >= 15 is 0 Å². The van der Waals surface area contributed by atoms with E-state index in [0.29, 0.717) is 0 Å². The van der Waals surface area contributed by atoms with Gasteiger partial charge in [-0.25, -0.2) is 0 Å². The molecule has 2 heterocycles. The zero-order valence-corrected chi connectivity index (χ0v) is 14.5. The van der Waals surface area contributed by atoms with Crippen LogP contribution >= 0.6 is 36.4 Å². The average molecular weight is 364 g/mol. The zero-order valence-electron chi connectivity index (χ0n) is 12.1. The molecule has 1 aromatic heterocycles. The van der Waals surface area contributed by atoms with Gasteiger partial charge in [0.25, 0.3) is 0 Å². The number of rotatable bonds is 3. The number of benzene rings is 1. The highest BCUT2D eigenvalue weighted by Crippen LogP contribution is 2.20. The maximum atomic E-state index is 9.90. The smallest absolute Gasteiger partial charge is 0.0729 e. The van der Waals surface area contributed by atoms with Gasteiger partial charge in [0.05, 0.1) is 12.1 Å². The second-order valence-electron chi connectivity index (χ2n) is 5.29. The summed E-state index contributed by atoms with van der Waals surface area (Å²) in [6.07, 6.45) is 7.90. The van der Waals surface area contributed by atoms with Gasteiger partial charge in [-0.3, -0.25) is 0 Å². The normalized spacial score (nSPS) is 21.5. The Morgan fingerprint density at radius 3 is 2.91 bits per heavy atom. The average Bonchev–Trinajstić information content (AvgIpc) is 2.83. The van der Waals surface area contributed by atoms with E-state index in [4.69, 9.17) is 11.6 Å². The predicted molar refractivity (Wildman–Crippen MR) is 97.6 cm³/mol. The van der Waals surface area contributed by atoms with Crippen LogP contribution in [0.3, 0.4) is 0 Å². The Morgan fingerprint density at radius 1 is 1.32 bits per heavy atom. The van der Waals surface area contributed by atoms with E-state index in [0.717, 1.165) is 36.5 Å². The Hall–Kier alpha value is -0.710. The molecule has 0 radical (unpaired) electrons. The van der Waals surface area contributed by atoms with Crippen LogP contribution in [-0.4, -0.2) is 28.4 Å². The molecule has 0 saturated carbocycles. The quantitative estimate of drug-likeness (QED) is 0.814. The minimum atomic E-state index is -0.268. The van der Waals surface area contributed by atoms with E-state index in [-0.39, 0.29) is 37.0 Å². The third kappa shape index (κ3) is 4.40. The molecule has 2 atom stereocenters. The first kappa shape index (κ1) is 19.3. The number of nitrogens with zero attached hydrogens (tertiary/aromatic N) is 1. The summed E-state index contributed by atoms with van der Waals surface area (Å²) in [7, 11) is 0. The maximum Gasteiger partial charge on any atom is 0.0729 e. The van der Waals surface area contributed by atoms with E-state index < -0.39 is 0 Å². The van der Waals surface area contributed by atoms with Gasteiger partial charge in [0.2, 0.25) is 0 Å². The summed E-state index contributed by atoms with van der Waals surface area (Å²) >= 11 is 6.05. The van der Waals surface area contributed by atoms with Gasteiger partial charge in [0.15, 0.2) is 0 Å². The van der Waals surface area contributed by atoms with E-state index in [1.807, 2.05) is 18.2 Å². The molecule has 2 N–H and O–H groups in total. The Kier molecular flexibility index (Phi) is 7.74. The number of nitrogens with one attached hydrogen (secondary N) is 1. The van der Waals surface area contributed by atoms with Gasteiger partial charge in [0.1, 0.15) is 0 Å². The second-order valence-corrected chi connectivity index (χ2v) is 5.73. The van der Waals surface area contributed by atoms with E-state index in [2.05, 4.69) is 34.3 Å². The fourth-order valence-corrected chi connectivity index (χ4v) is 2.90. The van der Waals surface area contributed by atoms with Crippen LogP contribution in [-0.2, 0) is 6.54 Å². The minimum absolute atomic E-state index is 0. The van der Waals surface area contributed by atoms with Crippen LogP contribution < -0.4 is 5.32 Å². The van der Waals surface area contributed by atoms with Gasteiger partial charge >= 0.3 is 0 Å². The molecular formula is C16H21Cl3N2O. The zero-order chi connectivity index (χ0) is 13.9. The van der Waals surface area contributed by atoms with Crippen LogP contribution in [0.2, 0.25) is 5.02 Å². The van der Waals surface area contributed by atoms with Crippen LogP contribution in [0.1, 0.15) is 12.8 Å². The number of hydrogen-bond donors (Lipinski definition) is 2. The standard InChI is InChI=1S/C16H19ClN2O.2ClH/c17-13-6-5-12-7-10-19(15(12)11-13)9-2-3-14-16(20)4-1-8-18-14;;/h2-3,5-7,10-11,14,16,18,20H,1,4,8-9H2;2*1H/b3-2+;;/t14-,16+;;/m1../s1. The molecule has 2 aromatic rings. The lowest BCUT2D eigenvalue weighted by atomic mass is 10.0. The van der Waals surface area contributed by atoms with Crippen molar-refractivity contribution >= 4 is 47.3 Å². The molecule has 1 aromatic carbocycles. The first-order valence-electron chi connectivity index (χ1n) is 7.06. The molecule has 1 aliphatic heterocycles. The van der Waals surface area contributed by atoms with Gasteiger partial charge in [-0.2, -0.15) is 0 Å². The predicted octanol–water partition coefficient (Wildman–Crippen LogP) is 3.81. The number of fused-ring (bicyclic) bond motifs is 1. The first-order valence-corrected chi connectivity index (χ1v) is 7.44. The molecule has 0 aliphatic carbocycles. The molecule has 122 valence electrons. The van der Waals surface area contributed by atoms with Crippen molar-refractivity contribution in [2.45, 2.75) is 31.5 Å². The molecule has 0 bridgehead atoms. The summed E-state index contributed by atoms with van der Waals surface area (Å²) in [5.74, 6) is 0. The number of hydrogen-bond acceptors (Lipinski definition) is 2. The van der Waals surface area contributed by atoms with E-state index in [9.17, 15) is 5.11 Å². The fourth-order valence-electron chi connectivity index (χ4n) is 2.73. The lowest BCUT2D eigenvalue weighted by Crippen LogP contribution is -2.43. The van der Waals surface area contributed by atoms with Gasteiger partial charge in [-0.15, -0.1) is 24.8 Å². The number of allylic oxidation sites excluding steroid dienone is 1. The minimum Gasteiger partial charge on any atom is -0.391 e. The molecule has 1 saturated heterocycles. The van der Waals surface area contributed by atoms with Crippen LogP contribution in [0.15, 0.2) is 42.6 Å². The lowest BCUT2D eigenvalue weighted by Gasteiger charge is -2.26. The van der Waals surface area contributed by atoms with Gasteiger partial charge in [0, 0.05) is 23.3 Å². The summed E-state index contributed by atoms with van der Waals surface area (Å²) < 4.78 is 2.16. The second kappa shape index (κ2) is 8.80. The number of aliphatic hydroxyl groups excluding tert-OH is 1. The third-order valence-corrected chi connectivity index (χ3v) is 4.09. The van der Waals surface area contributed by atoms with Crippen LogP contribution in [0.25, 0.3) is 10.9 Å². The first-order chi connectivity index (χ1) is 9.74. The topological polar surface area (TPSA) is 37.2 Å². The van der Waals surface area contributed by atoms with Gasteiger partial charge < -0.3 is 15.0 Å². The van der Waals surface area contributed by atoms with Crippen molar-refractivity contribution < 1.29 is 5.11 Å². The molecule has 6 heteroatoms. The summed E-state index contributed by atoms with van der Waals surface area (Å²) in [4.78, 5) is 0. The van der Waals surface area contributed by atoms with Crippen molar-refractivity contribution in [2.75, 3.05) is 6.54 Å². The lowest BCUT2D eigenvalue weighted by molar-refractivity contribution is 0.115. The molecule has 3 rings (SSSR count). The van der Waals surface area contributed by atoms with Crippen molar-refractivity contribution in [1.82, 2.24) is 9.88 Å². The van der Waals surface area contributed by atoms with E-state index in [1.165, 1.54) is 5.39 Å². The SMILES string of the molecule is Cl.Cl.O[C@H]1CCCN[C@@H]1/C=C/Cn1ccc2ccc(Cl)cc21. The molecule has 0 amide bonds. The molecule has 1 fully saturated rings. The molecule has 22 heavy (non-hydrogen) atoms. The van der Waals surface area contributed by atoms with Gasteiger partial charge in [-0.1, -0.05) is 29.8 Å². The number of piperidine rings is 1. The summed E-state index contributed by atoms with van der Waals surface area (Å²) in [5.41, 5.74) is 1.14. The van der Waals surface area contributed by atoms with Crippen molar-refractivity contribution in [1.29, 1.82) is 0 Å². The van der Waals surface area contributed by atoms with Gasteiger partial charge in [-0.05, 0) is 43.0 Å². The molecule has 0 unspecified atom stereocenters. The number of aliphatic hydroxyl groups is 1. The highest BCUT2D eigenvalue weighted by molar-refractivity contribution is 6.31. The Morgan fingerprint density at radius 2 is 2.14 bits per heavy atom. The van der Waals surface area contributed by atoms with Crippen molar-refractivity contribution in [2.24, 2.45) is 0 Å². The van der Waals surface area contributed by atoms with Crippen LogP contribution in [0, 0.1) is 0 Å². The molecular weight excluding hydrogens is 343 g/mol. The van der Waals surface area contributed by atoms with Crippen LogP contribution in [0.5, 0.6) is 0 Å². The van der Waals surface area contributed by atoms with Crippen LogP contribution in [0.4, 0.5) is 0 Å². The number of halogens is 3. The molecule has 1 aliphatic rings. The number of aromatic nitrogens is 1. The largest absolute Gasteiger partial charge is 0.391 e. The maximum absolute atomic E-state index is 9.90. The Labute approximate surface area is 148 Å². The van der Waals surface area contributed by atoms with E-state index in [1.54, 1.807) is 0 Å². The monoisotopic (exact) mass is 362 g/mol.